The molecule has 0 saturated carbocycles. The molecule has 5 nitrogen and oxygen atoms in total. The Labute approximate surface area is 129 Å². The lowest BCUT2D eigenvalue weighted by Gasteiger charge is -2.19. The zero-order chi connectivity index (χ0) is 16.1. The van der Waals surface area contributed by atoms with Crippen LogP contribution in [-0.4, -0.2) is 18.6 Å². The van der Waals surface area contributed by atoms with E-state index in [1.165, 1.54) is 12.1 Å². The van der Waals surface area contributed by atoms with Crippen LogP contribution in [0.4, 0.5) is 5.69 Å². The van der Waals surface area contributed by atoms with Crippen molar-refractivity contribution in [3.8, 4) is 5.75 Å². The summed E-state index contributed by atoms with van der Waals surface area (Å²) in [6.45, 7) is 2.51. The number of nitrogens with zero attached hydrogens (tertiary/aromatic N) is 1. The van der Waals surface area contributed by atoms with Gasteiger partial charge in [0.15, 0.2) is 0 Å². The molecule has 0 bridgehead atoms. The van der Waals surface area contributed by atoms with Crippen molar-refractivity contribution in [3.63, 3.8) is 0 Å². The molecular formula is C17H20N2O3. The highest BCUT2D eigenvalue weighted by atomic mass is 16.6. The van der Waals surface area contributed by atoms with E-state index in [9.17, 15) is 10.1 Å². The van der Waals surface area contributed by atoms with E-state index < -0.39 is 4.92 Å². The molecule has 0 aliphatic rings. The number of ether oxygens (including phenoxy) is 1. The molecule has 0 spiro atoms. The molecule has 0 aliphatic heterocycles. The number of hydrogen-bond acceptors (Lipinski definition) is 4. The van der Waals surface area contributed by atoms with Crippen molar-refractivity contribution in [1.29, 1.82) is 0 Å². The summed E-state index contributed by atoms with van der Waals surface area (Å²) in [7, 11) is 1.65. The van der Waals surface area contributed by atoms with E-state index >= 15 is 0 Å². The fourth-order valence-corrected chi connectivity index (χ4v) is 2.53. The smallest absolute Gasteiger partial charge is 0.269 e. The number of hydrogen-bond donors (Lipinski definition) is 1. The average molecular weight is 300 g/mol. The Kier molecular flexibility index (Phi) is 5.12. The van der Waals surface area contributed by atoms with Crippen LogP contribution >= 0.6 is 0 Å². The number of methoxy groups -OCH3 is 1. The monoisotopic (exact) mass is 300 g/mol. The third-order valence-electron chi connectivity index (χ3n) is 3.74. The predicted molar refractivity (Wildman–Crippen MR) is 86.3 cm³/mol. The van der Waals surface area contributed by atoms with Gasteiger partial charge in [0.25, 0.3) is 5.69 Å². The standard InChI is InChI=1S/C17H20N2O3/c1-12-3-8-17(22-2)16(9-12)14(11-18)10-13-4-6-15(7-5-13)19(20)21/h3-9,14H,10-11,18H2,1-2H3. The summed E-state index contributed by atoms with van der Waals surface area (Å²) in [5, 5.41) is 10.7. The van der Waals surface area contributed by atoms with Crippen molar-refractivity contribution < 1.29 is 9.66 Å². The molecule has 0 fully saturated rings. The molecule has 0 radical (unpaired) electrons. The molecular weight excluding hydrogens is 280 g/mol. The summed E-state index contributed by atoms with van der Waals surface area (Å²) >= 11 is 0. The van der Waals surface area contributed by atoms with Gasteiger partial charge in [-0.05, 0) is 37.1 Å². The molecule has 22 heavy (non-hydrogen) atoms. The van der Waals surface area contributed by atoms with Gasteiger partial charge in [0, 0.05) is 18.1 Å². The predicted octanol–water partition coefficient (Wildman–Crippen LogP) is 3.20. The van der Waals surface area contributed by atoms with Crippen LogP contribution in [0.25, 0.3) is 0 Å². The minimum Gasteiger partial charge on any atom is -0.496 e. The zero-order valence-electron chi connectivity index (χ0n) is 12.8. The van der Waals surface area contributed by atoms with Crippen molar-refractivity contribution in [2.75, 3.05) is 13.7 Å². The zero-order valence-corrected chi connectivity index (χ0v) is 12.8. The van der Waals surface area contributed by atoms with E-state index in [0.29, 0.717) is 13.0 Å². The summed E-state index contributed by atoms with van der Waals surface area (Å²) < 4.78 is 5.43. The van der Waals surface area contributed by atoms with E-state index in [0.717, 1.165) is 22.4 Å². The Hall–Kier alpha value is -2.40. The molecule has 2 rings (SSSR count). The second-order valence-electron chi connectivity index (χ2n) is 5.31. The lowest BCUT2D eigenvalue weighted by molar-refractivity contribution is -0.384. The SMILES string of the molecule is COc1ccc(C)cc1C(CN)Cc1ccc([N+](=O)[O-])cc1. The number of non-ortho nitro benzene ring substituents is 1. The number of nitro benzene ring substituents is 1. The molecule has 1 atom stereocenters. The van der Waals surface area contributed by atoms with Crippen molar-refractivity contribution in [3.05, 3.63) is 69.3 Å². The molecule has 2 N–H and O–H groups in total. The molecule has 1 unspecified atom stereocenters. The van der Waals surface area contributed by atoms with E-state index in [1.807, 2.05) is 19.1 Å². The number of nitrogens with two attached hydrogens (primary N) is 1. The van der Waals surface area contributed by atoms with Crippen molar-refractivity contribution in [2.45, 2.75) is 19.3 Å². The van der Waals surface area contributed by atoms with Crippen LogP contribution in [0.5, 0.6) is 5.75 Å². The number of nitro groups is 1. The summed E-state index contributed by atoms with van der Waals surface area (Å²) in [4.78, 5) is 10.3. The van der Waals surface area contributed by atoms with Crippen LogP contribution < -0.4 is 10.5 Å². The fourth-order valence-electron chi connectivity index (χ4n) is 2.53. The maximum Gasteiger partial charge on any atom is 0.269 e. The van der Waals surface area contributed by atoms with Crippen LogP contribution in [0.1, 0.15) is 22.6 Å². The molecule has 5 heteroatoms. The Balaban J connectivity index is 2.25. The molecule has 0 aliphatic carbocycles. The second-order valence-corrected chi connectivity index (χ2v) is 5.31. The molecule has 2 aromatic rings. The van der Waals surface area contributed by atoms with Gasteiger partial charge in [-0.2, -0.15) is 0 Å². The summed E-state index contributed by atoms with van der Waals surface area (Å²) in [5.74, 6) is 0.930. The van der Waals surface area contributed by atoms with E-state index in [-0.39, 0.29) is 11.6 Å². The van der Waals surface area contributed by atoms with Gasteiger partial charge in [0.2, 0.25) is 0 Å². The summed E-state index contributed by atoms with van der Waals surface area (Å²) in [6.07, 6.45) is 0.717. The molecule has 0 amide bonds. The summed E-state index contributed by atoms with van der Waals surface area (Å²) in [5.41, 5.74) is 9.28. The summed E-state index contributed by atoms with van der Waals surface area (Å²) in [6, 6.07) is 12.6. The Morgan fingerprint density at radius 1 is 1.23 bits per heavy atom. The van der Waals surface area contributed by atoms with Crippen molar-refractivity contribution in [2.24, 2.45) is 5.73 Å². The van der Waals surface area contributed by atoms with Gasteiger partial charge >= 0.3 is 0 Å². The van der Waals surface area contributed by atoms with Gasteiger partial charge in [-0.15, -0.1) is 0 Å². The molecule has 2 aromatic carbocycles. The minimum absolute atomic E-state index is 0.0983. The average Bonchev–Trinajstić information content (AvgIpc) is 2.53. The highest BCUT2D eigenvalue weighted by Crippen LogP contribution is 2.30. The largest absolute Gasteiger partial charge is 0.496 e. The maximum atomic E-state index is 10.7. The highest BCUT2D eigenvalue weighted by molar-refractivity contribution is 5.41. The van der Waals surface area contributed by atoms with Crippen molar-refractivity contribution in [1.82, 2.24) is 0 Å². The van der Waals surface area contributed by atoms with E-state index in [2.05, 4.69) is 6.07 Å². The molecule has 0 heterocycles. The van der Waals surface area contributed by atoms with E-state index in [1.54, 1.807) is 19.2 Å². The number of benzene rings is 2. The molecule has 0 aromatic heterocycles. The lowest BCUT2D eigenvalue weighted by Crippen LogP contribution is -2.16. The van der Waals surface area contributed by atoms with Gasteiger partial charge in [-0.1, -0.05) is 29.8 Å². The van der Waals surface area contributed by atoms with Crippen molar-refractivity contribution >= 4 is 5.69 Å². The van der Waals surface area contributed by atoms with Crippen LogP contribution in [-0.2, 0) is 6.42 Å². The normalized spacial score (nSPS) is 12.0. The number of rotatable bonds is 6. The molecule has 116 valence electrons. The lowest BCUT2D eigenvalue weighted by atomic mass is 9.90. The number of aryl methyl sites for hydroxylation is 1. The van der Waals surface area contributed by atoms with Crippen LogP contribution in [0.3, 0.4) is 0 Å². The Bertz CT molecular complexity index is 653. The van der Waals surface area contributed by atoms with Gasteiger partial charge in [-0.3, -0.25) is 10.1 Å². The first-order valence-corrected chi connectivity index (χ1v) is 7.13. The Morgan fingerprint density at radius 2 is 1.91 bits per heavy atom. The first-order valence-electron chi connectivity index (χ1n) is 7.13. The third kappa shape index (κ3) is 3.62. The van der Waals surface area contributed by atoms with Gasteiger partial charge in [0.1, 0.15) is 5.75 Å². The first kappa shape index (κ1) is 16.0. The maximum absolute atomic E-state index is 10.7. The highest BCUT2D eigenvalue weighted by Gasteiger charge is 2.16. The topological polar surface area (TPSA) is 78.4 Å². The van der Waals surface area contributed by atoms with Gasteiger partial charge in [-0.25, -0.2) is 0 Å². The van der Waals surface area contributed by atoms with Crippen LogP contribution in [0.2, 0.25) is 0 Å². The van der Waals surface area contributed by atoms with E-state index in [4.69, 9.17) is 10.5 Å². The van der Waals surface area contributed by atoms with Gasteiger partial charge < -0.3 is 10.5 Å². The second kappa shape index (κ2) is 7.04. The van der Waals surface area contributed by atoms with Crippen LogP contribution in [0, 0.1) is 17.0 Å². The van der Waals surface area contributed by atoms with Crippen LogP contribution in [0.15, 0.2) is 42.5 Å². The Morgan fingerprint density at radius 3 is 2.45 bits per heavy atom. The quantitative estimate of drug-likeness (QED) is 0.656. The fraction of sp³-hybridized carbons (Fsp3) is 0.294. The third-order valence-corrected chi connectivity index (χ3v) is 3.74. The minimum atomic E-state index is -0.395. The first-order chi connectivity index (χ1) is 10.5. The molecule has 0 saturated heterocycles. The van der Waals surface area contributed by atoms with Gasteiger partial charge in [0.05, 0.1) is 12.0 Å².